The highest BCUT2D eigenvalue weighted by Gasteiger charge is 2.20. The average Bonchev–Trinajstić information content (AvgIpc) is 2.65. The Kier molecular flexibility index (Phi) is 5.72. The molecular weight excluding hydrogens is 472 g/mol. The third-order valence-electron chi connectivity index (χ3n) is 4.25. The third kappa shape index (κ3) is 4.95. The van der Waals surface area contributed by atoms with Gasteiger partial charge in [-0.05, 0) is 54.3 Å². The maximum absolute atomic E-state index is 11.6. The minimum Gasteiger partial charge on any atom is -0.282 e. The number of rotatable bonds is 5. The van der Waals surface area contributed by atoms with Gasteiger partial charge in [0.05, 0.1) is 15.5 Å². The summed E-state index contributed by atoms with van der Waals surface area (Å²) in [6.07, 6.45) is 0. The lowest BCUT2D eigenvalue weighted by Gasteiger charge is -2.07. The first-order valence-electron chi connectivity index (χ1n) is 8.19. The second kappa shape index (κ2) is 7.74. The highest BCUT2D eigenvalue weighted by Crippen LogP contribution is 2.34. The zero-order valence-electron chi connectivity index (χ0n) is 15.5. The summed E-state index contributed by atoms with van der Waals surface area (Å²) in [5.74, 6) is 0. The van der Waals surface area contributed by atoms with E-state index in [9.17, 15) is 38.9 Å². The summed E-state index contributed by atoms with van der Waals surface area (Å²) in [6.45, 7) is 1.74. The van der Waals surface area contributed by atoms with Crippen LogP contribution in [0.25, 0.3) is 10.8 Å². The molecule has 3 aromatic carbocycles. The minimum absolute atomic E-state index is 0.0599. The van der Waals surface area contributed by atoms with Crippen molar-refractivity contribution < 1.29 is 38.9 Å². The molecule has 3 N–H and O–H groups in total. The van der Waals surface area contributed by atoms with Gasteiger partial charge in [0.2, 0.25) is 0 Å². The topological polar surface area (TPSA) is 188 Å². The summed E-state index contributed by atoms with van der Waals surface area (Å²) in [6, 6.07) is 9.03. The number of hydrogen-bond donors (Lipinski definition) is 3. The van der Waals surface area contributed by atoms with Crippen LogP contribution in [0.2, 0.25) is 0 Å². The molecule has 31 heavy (non-hydrogen) atoms. The number of fused-ring (bicyclic) bond motifs is 1. The maximum atomic E-state index is 11.6. The van der Waals surface area contributed by atoms with Crippen molar-refractivity contribution >= 4 is 52.5 Å². The molecular formula is C17H14N2O9S3. The Balaban J connectivity index is 2.25. The van der Waals surface area contributed by atoms with Crippen LogP contribution < -0.4 is 0 Å². The summed E-state index contributed by atoms with van der Waals surface area (Å²) in [5.41, 5.74) is 0.213. The van der Waals surface area contributed by atoms with Crippen molar-refractivity contribution in [3.63, 3.8) is 0 Å². The van der Waals surface area contributed by atoms with Crippen LogP contribution in [0.15, 0.2) is 73.4 Å². The normalized spacial score (nSPS) is 13.2. The zero-order valence-corrected chi connectivity index (χ0v) is 18.0. The first-order chi connectivity index (χ1) is 14.2. The molecule has 0 unspecified atom stereocenters. The highest BCUT2D eigenvalue weighted by molar-refractivity contribution is 7.86. The lowest BCUT2D eigenvalue weighted by Crippen LogP contribution is -2.02. The van der Waals surface area contributed by atoms with Crippen LogP contribution in [0.4, 0.5) is 11.4 Å². The molecule has 0 aromatic heterocycles. The molecule has 0 saturated heterocycles. The molecule has 0 amide bonds. The maximum Gasteiger partial charge on any atom is 0.296 e. The smallest absolute Gasteiger partial charge is 0.282 e. The minimum atomic E-state index is -4.82. The Morgan fingerprint density at radius 1 is 0.613 bits per heavy atom. The first kappa shape index (κ1) is 22.9. The van der Waals surface area contributed by atoms with Gasteiger partial charge in [-0.3, -0.25) is 13.7 Å². The predicted octanol–water partition coefficient (Wildman–Crippen LogP) is 3.30. The molecule has 0 heterocycles. The Bertz CT molecular complexity index is 1560. The molecule has 3 rings (SSSR count). The van der Waals surface area contributed by atoms with Gasteiger partial charge < -0.3 is 0 Å². The van der Waals surface area contributed by atoms with Crippen LogP contribution in [0.5, 0.6) is 0 Å². The monoisotopic (exact) mass is 486 g/mol. The number of hydrogen-bond acceptors (Lipinski definition) is 8. The number of nitrogens with zero attached hydrogens (tertiary/aromatic N) is 2. The lowest BCUT2D eigenvalue weighted by molar-refractivity contribution is 0.478. The fourth-order valence-corrected chi connectivity index (χ4v) is 4.38. The summed E-state index contributed by atoms with van der Waals surface area (Å²) in [5, 5.41) is 8.36. The van der Waals surface area contributed by atoms with Crippen molar-refractivity contribution in [2.45, 2.75) is 21.6 Å². The Morgan fingerprint density at radius 3 is 1.74 bits per heavy atom. The van der Waals surface area contributed by atoms with Gasteiger partial charge in [-0.2, -0.15) is 25.3 Å². The van der Waals surface area contributed by atoms with Crippen molar-refractivity contribution in [1.29, 1.82) is 0 Å². The summed E-state index contributed by atoms with van der Waals surface area (Å²) in [4.78, 5) is -1.86. The number of azo groups is 1. The summed E-state index contributed by atoms with van der Waals surface area (Å²) in [7, 11) is -14.0. The standard InChI is InChI=1S/C17H14N2O9S3/c1-10-2-6-15(14-8-11(29(20,21)22)3-5-13(10)14)18-19-16-9-12(30(23,24)25)4-7-17(16)31(26,27)28/h2-9H,1H3,(H,20,21,22)(H,23,24,25)(H,26,27,28). The van der Waals surface area contributed by atoms with Gasteiger partial charge in [0.25, 0.3) is 30.4 Å². The molecule has 164 valence electrons. The molecule has 0 aliphatic rings. The summed E-state index contributed by atoms with van der Waals surface area (Å²) >= 11 is 0. The largest absolute Gasteiger partial charge is 0.296 e. The molecule has 0 atom stereocenters. The van der Waals surface area contributed by atoms with Gasteiger partial charge >= 0.3 is 0 Å². The molecule has 3 aromatic rings. The van der Waals surface area contributed by atoms with E-state index < -0.39 is 50.7 Å². The van der Waals surface area contributed by atoms with Crippen LogP contribution in [0.3, 0.4) is 0 Å². The van der Waals surface area contributed by atoms with Crippen LogP contribution in [0, 0.1) is 6.92 Å². The van der Waals surface area contributed by atoms with E-state index in [1.54, 1.807) is 13.0 Å². The van der Waals surface area contributed by atoms with E-state index in [1.807, 2.05) is 0 Å². The van der Waals surface area contributed by atoms with E-state index in [0.717, 1.165) is 23.8 Å². The number of aryl methyl sites for hydroxylation is 1. The van der Waals surface area contributed by atoms with Crippen molar-refractivity contribution in [3.05, 3.63) is 54.1 Å². The fraction of sp³-hybridized carbons (Fsp3) is 0.0588. The van der Waals surface area contributed by atoms with Crippen molar-refractivity contribution in [2.24, 2.45) is 10.2 Å². The van der Waals surface area contributed by atoms with Gasteiger partial charge in [-0.1, -0.05) is 12.1 Å². The molecule has 0 aliphatic heterocycles. The quantitative estimate of drug-likeness (QED) is 0.359. The zero-order chi connectivity index (χ0) is 23.2. The second-order valence-electron chi connectivity index (χ2n) is 6.36. The Morgan fingerprint density at radius 2 is 1.16 bits per heavy atom. The SMILES string of the molecule is Cc1ccc(N=Nc2cc(S(=O)(=O)O)ccc2S(=O)(=O)O)c2cc(S(=O)(=O)O)ccc12. The fourth-order valence-electron chi connectivity index (χ4n) is 2.77. The lowest BCUT2D eigenvalue weighted by atomic mass is 10.0. The van der Waals surface area contributed by atoms with Gasteiger partial charge in [0, 0.05) is 5.39 Å². The van der Waals surface area contributed by atoms with Crippen LogP contribution in [-0.4, -0.2) is 38.9 Å². The van der Waals surface area contributed by atoms with Gasteiger partial charge in [-0.25, -0.2) is 0 Å². The third-order valence-corrected chi connectivity index (χ3v) is 6.85. The predicted molar refractivity (Wildman–Crippen MR) is 109 cm³/mol. The van der Waals surface area contributed by atoms with E-state index in [4.69, 9.17) is 0 Å². The van der Waals surface area contributed by atoms with Crippen molar-refractivity contribution in [1.82, 2.24) is 0 Å². The molecule has 0 aliphatic carbocycles. The summed E-state index contributed by atoms with van der Waals surface area (Å²) < 4.78 is 96.6. The van der Waals surface area contributed by atoms with Crippen LogP contribution in [-0.2, 0) is 30.4 Å². The van der Waals surface area contributed by atoms with Gasteiger partial charge in [0.1, 0.15) is 10.6 Å². The van der Waals surface area contributed by atoms with Crippen LogP contribution >= 0.6 is 0 Å². The van der Waals surface area contributed by atoms with Crippen LogP contribution in [0.1, 0.15) is 5.56 Å². The van der Waals surface area contributed by atoms with E-state index in [-0.39, 0.29) is 11.1 Å². The second-order valence-corrected chi connectivity index (χ2v) is 10.6. The van der Waals surface area contributed by atoms with Crippen molar-refractivity contribution in [2.75, 3.05) is 0 Å². The molecule has 0 radical (unpaired) electrons. The van der Waals surface area contributed by atoms with E-state index in [1.165, 1.54) is 18.2 Å². The Hall–Kier alpha value is -2.75. The van der Waals surface area contributed by atoms with E-state index in [2.05, 4.69) is 10.2 Å². The first-order valence-corrected chi connectivity index (χ1v) is 12.5. The molecule has 0 spiro atoms. The molecule has 0 bridgehead atoms. The van der Waals surface area contributed by atoms with Crippen molar-refractivity contribution in [3.8, 4) is 0 Å². The van der Waals surface area contributed by atoms with E-state index in [0.29, 0.717) is 11.5 Å². The molecule has 14 heteroatoms. The van der Waals surface area contributed by atoms with Gasteiger partial charge in [0.15, 0.2) is 0 Å². The Labute approximate surface area is 177 Å². The number of benzene rings is 3. The van der Waals surface area contributed by atoms with E-state index >= 15 is 0 Å². The highest BCUT2D eigenvalue weighted by atomic mass is 32.2. The van der Waals surface area contributed by atoms with Gasteiger partial charge in [-0.15, -0.1) is 10.2 Å². The molecule has 0 fully saturated rings. The average molecular weight is 487 g/mol. The molecule has 0 saturated carbocycles. The molecule has 11 nitrogen and oxygen atoms in total.